The monoisotopic (exact) mass is 496 g/mol. The fourth-order valence-electron chi connectivity index (χ4n) is 4.42. The van der Waals surface area contributed by atoms with E-state index in [1.165, 1.54) is 0 Å². The normalized spacial score (nSPS) is 11.2. The molecule has 0 radical (unpaired) electrons. The molecule has 0 amide bonds. The van der Waals surface area contributed by atoms with E-state index in [4.69, 9.17) is 9.47 Å². The number of phenols is 1. The summed E-state index contributed by atoms with van der Waals surface area (Å²) in [5.74, 6) is 0.153. The van der Waals surface area contributed by atoms with Crippen molar-refractivity contribution in [3.8, 4) is 17.2 Å². The average molecular weight is 497 g/mol. The van der Waals surface area contributed by atoms with Crippen molar-refractivity contribution in [2.24, 2.45) is 0 Å². The van der Waals surface area contributed by atoms with E-state index >= 15 is 0 Å². The molecule has 0 saturated carbocycles. The SMILES string of the molecule is Cc1ccccc1Cc1cc(C(=O)O)c(O)c(C(C)(C)c2ccc(OCCOc3ccccc3)cc2)c1. The molecule has 5 nitrogen and oxygen atoms in total. The van der Waals surface area contributed by atoms with Crippen molar-refractivity contribution in [1.82, 2.24) is 0 Å². The number of aromatic carboxylic acids is 1. The Balaban J connectivity index is 1.53. The van der Waals surface area contributed by atoms with Crippen LogP contribution in [0.25, 0.3) is 0 Å². The predicted octanol–water partition coefficient (Wildman–Crippen LogP) is 6.77. The highest BCUT2D eigenvalue weighted by molar-refractivity contribution is 5.92. The molecule has 5 heteroatoms. The van der Waals surface area contributed by atoms with Crippen LogP contribution in [0.1, 0.15) is 52.0 Å². The first-order chi connectivity index (χ1) is 17.8. The third-order valence-corrected chi connectivity index (χ3v) is 6.67. The maximum absolute atomic E-state index is 12.0. The van der Waals surface area contributed by atoms with Crippen LogP contribution < -0.4 is 9.47 Å². The maximum atomic E-state index is 12.0. The first kappa shape index (κ1) is 25.8. The molecule has 190 valence electrons. The van der Waals surface area contributed by atoms with Gasteiger partial charge in [-0.2, -0.15) is 0 Å². The lowest BCUT2D eigenvalue weighted by atomic mass is 9.76. The molecule has 0 spiro atoms. The summed E-state index contributed by atoms with van der Waals surface area (Å²) in [5, 5.41) is 20.8. The molecule has 4 aromatic rings. The van der Waals surface area contributed by atoms with Gasteiger partial charge in [-0.25, -0.2) is 4.79 Å². The Morgan fingerprint density at radius 1 is 0.811 bits per heavy atom. The molecule has 0 aromatic heterocycles. The summed E-state index contributed by atoms with van der Waals surface area (Å²) >= 11 is 0. The number of benzene rings is 4. The second-order valence-corrected chi connectivity index (χ2v) is 9.61. The maximum Gasteiger partial charge on any atom is 0.339 e. The molecule has 0 unspecified atom stereocenters. The number of aromatic hydroxyl groups is 1. The molecule has 0 saturated heterocycles. The number of hydrogen-bond acceptors (Lipinski definition) is 4. The second-order valence-electron chi connectivity index (χ2n) is 9.61. The Labute approximate surface area is 217 Å². The zero-order valence-electron chi connectivity index (χ0n) is 21.4. The highest BCUT2D eigenvalue weighted by atomic mass is 16.5. The summed E-state index contributed by atoms with van der Waals surface area (Å²) in [5.41, 5.74) is 3.86. The molecule has 0 aliphatic heterocycles. The van der Waals surface area contributed by atoms with Gasteiger partial charge in [0.25, 0.3) is 0 Å². The standard InChI is InChI=1S/C32H32O5/c1-22-9-7-8-10-24(22)19-23-20-28(31(34)35)30(33)29(21-23)32(2,3)25-13-15-27(16-14-25)37-18-17-36-26-11-5-4-6-12-26/h4-16,20-21,33H,17-19H2,1-3H3,(H,34,35). The van der Waals surface area contributed by atoms with Crippen LogP contribution in [0.15, 0.2) is 91.0 Å². The van der Waals surface area contributed by atoms with Gasteiger partial charge >= 0.3 is 5.97 Å². The van der Waals surface area contributed by atoms with Gasteiger partial charge in [-0.05, 0) is 65.9 Å². The van der Waals surface area contributed by atoms with Crippen molar-refractivity contribution in [2.75, 3.05) is 13.2 Å². The lowest BCUT2D eigenvalue weighted by Gasteiger charge is -2.28. The smallest absolute Gasteiger partial charge is 0.339 e. The number of rotatable bonds is 10. The molecule has 0 atom stereocenters. The van der Waals surface area contributed by atoms with Crippen LogP contribution in [-0.4, -0.2) is 29.4 Å². The molecule has 4 aromatic carbocycles. The Morgan fingerprint density at radius 2 is 1.41 bits per heavy atom. The summed E-state index contributed by atoms with van der Waals surface area (Å²) in [6.45, 7) is 6.83. The minimum absolute atomic E-state index is 0.0903. The Bertz CT molecular complexity index is 1360. The number of ether oxygens (including phenoxy) is 2. The number of hydrogen-bond donors (Lipinski definition) is 2. The summed E-state index contributed by atoms with van der Waals surface area (Å²) < 4.78 is 11.5. The fourth-order valence-corrected chi connectivity index (χ4v) is 4.42. The van der Waals surface area contributed by atoms with Gasteiger partial charge in [-0.1, -0.05) is 74.5 Å². The van der Waals surface area contributed by atoms with E-state index in [2.05, 4.69) is 0 Å². The van der Waals surface area contributed by atoms with Crippen LogP contribution in [0, 0.1) is 6.92 Å². The van der Waals surface area contributed by atoms with Crippen molar-refractivity contribution in [3.05, 3.63) is 124 Å². The van der Waals surface area contributed by atoms with Crippen LogP contribution in [0.4, 0.5) is 0 Å². The molecule has 0 bridgehead atoms. The number of carbonyl (C=O) groups is 1. The molecule has 37 heavy (non-hydrogen) atoms. The highest BCUT2D eigenvalue weighted by Gasteiger charge is 2.29. The molecule has 0 aliphatic carbocycles. The van der Waals surface area contributed by atoms with Gasteiger partial charge in [-0.15, -0.1) is 0 Å². The van der Waals surface area contributed by atoms with Gasteiger partial charge in [0, 0.05) is 11.0 Å². The summed E-state index contributed by atoms with van der Waals surface area (Å²) in [7, 11) is 0. The van der Waals surface area contributed by atoms with Gasteiger partial charge in [0.05, 0.1) is 0 Å². The number of carboxylic acid groups (broad SMARTS) is 1. The zero-order valence-corrected chi connectivity index (χ0v) is 21.4. The molecule has 2 N–H and O–H groups in total. The largest absolute Gasteiger partial charge is 0.507 e. The number of carboxylic acids is 1. The molecule has 0 aliphatic rings. The number of para-hydroxylation sites is 1. The van der Waals surface area contributed by atoms with Crippen LogP contribution in [-0.2, 0) is 11.8 Å². The lowest BCUT2D eigenvalue weighted by Crippen LogP contribution is -2.20. The van der Waals surface area contributed by atoms with E-state index in [1.807, 2.05) is 106 Å². The minimum atomic E-state index is -1.15. The Kier molecular flexibility index (Phi) is 7.83. The average Bonchev–Trinajstić information content (AvgIpc) is 2.89. The highest BCUT2D eigenvalue weighted by Crippen LogP contribution is 2.40. The van der Waals surface area contributed by atoms with Gasteiger partial charge in [0.2, 0.25) is 0 Å². The van der Waals surface area contributed by atoms with Gasteiger partial charge in [-0.3, -0.25) is 0 Å². The van der Waals surface area contributed by atoms with E-state index in [1.54, 1.807) is 6.07 Å². The van der Waals surface area contributed by atoms with Crippen molar-refractivity contribution in [1.29, 1.82) is 0 Å². The van der Waals surface area contributed by atoms with Crippen molar-refractivity contribution < 1.29 is 24.5 Å². The van der Waals surface area contributed by atoms with E-state index in [9.17, 15) is 15.0 Å². The van der Waals surface area contributed by atoms with Crippen LogP contribution in [0.2, 0.25) is 0 Å². The Morgan fingerprint density at radius 3 is 2.03 bits per heavy atom. The van der Waals surface area contributed by atoms with Crippen molar-refractivity contribution >= 4 is 5.97 Å². The predicted molar refractivity (Wildman–Crippen MR) is 145 cm³/mol. The van der Waals surface area contributed by atoms with Crippen molar-refractivity contribution in [2.45, 2.75) is 32.6 Å². The topological polar surface area (TPSA) is 76.0 Å². The zero-order chi connectivity index (χ0) is 26.4. The van der Waals surface area contributed by atoms with Gasteiger partial charge < -0.3 is 19.7 Å². The lowest BCUT2D eigenvalue weighted by molar-refractivity contribution is 0.0693. The fraction of sp³-hybridized carbons (Fsp3) is 0.219. The molecular weight excluding hydrogens is 464 g/mol. The molecule has 4 rings (SSSR count). The summed E-state index contributed by atoms with van der Waals surface area (Å²) in [6, 6.07) is 28.8. The number of aryl methyl sites for hydroxylation is 1. The first-order valence-electron chi connectivity index (χ1n) is 12.3. The van der Waals surface area contributed by atoms with Crippen molar-refractivity contribution in [3.63, 3.8) is 0 Å². The van der Waals surface area contributed by atoms with E-state index in [0.29, 0.717) is 30.9 Å². The molecule has 0 fully saturated rings. The first-order valence-corrected chi connectivity index (χ1v) is 12.3. The third-order valence-electron chi connectivity index (χ3n) is 6.67. The van der Waals surface area contributed by atoms with Gasteiger partial charge in [0.1, 0.15) is 36.0 Å². The molecular formula is C32H32O5. The van der Waals surface area contributed by atoms with E-state index < -0.39 is 11.4 Å². The van der Waals surface area contributed by atoms with Gasteiger partial charge in [0.15, 0.2) is 0 Å². The quantitative estimate of drug-likeness (QED) is 0.237. The third kappa shape index (κ3) is 6.12. The second kappa shape index (κ2) is 11.2. The van der Waals surface area contributed by atoms with Crippen LogP contribution in [0.5, 0.6) is 17.2 Å². The van der Waals surface area contributed by atoms with Crippen LogP contribution >= 0.6 is 0 Å². The van der Waals surface area contributed by atoms with Crippen LogP contribution in [0.3, 0.4) is 0 Å². The molecule has 0 heterocycles. The summed E-state index contributed by atoms with van der Waals surface area (Å²) in [6.07, 6.45) is 0.578. The van der Waals surface area contributed by atoms with E-state index in [0.717, 1.165) is 28.0 Å². The Hall–Kier alpha value is -4.25. The minimum Gasteiger partial charge on any atom is -0.507 e. The summed E-state index contributed by atoms with van der Waals surface area (Å²) in [4.78, 5) is 12.0. The van der Waals surface area contributed by atoms with E-state index in [-0.39, 0.29) is 11.3 Å².